The van der Waals surface area contributed by atoms with E-state index in [1.807, 2.05) is 0 Å². The summed E-state index contributed by atoms with van der Waals surface area (Å²) in [5.74, 6) is 0.718. The van der Waals surface area contributed by atoms with Gasteiger partial charge < -0.3 is 14.2 Å². The summed E-state index contributed by atoms with van der Waals surface area (Å²) in [5.41, 5.74) is 0.157. The molecule has 0 aromatic carbocycles. The van der Waals surface area contributed by atoms with E-state index in [1.165, 1.54) is 19.3 Å². The van der Waals surface area contributed by atoms with Gasteiger partial charge in [0.2, 0.25) is 0 Å². The van der Waals surface area contributed by atoms with Gasteiger partial charge in [-0.1, -0.05) is 0 Å². The molecular formula is C12H18O3. The first-order chi connectivity index (χ1) is 7.24. The number of hydrogen-bond acceptors (Lipinski definition) is 3. The van der Waals surface area contributed by atoms with E-state index in [1.54, 1.807) is 0 Å². The van der Waals surface area contributed by atoms with E-state index in [4.69, 9.17) is 14.2 Å². The molecule has 0 radical (unpaired) electrons. The molecule has 0 spiro atoms. The average molecular weight is 210 g/mol. The first-order valence-corrected chi connectivity index (χ1v) is 6.19. The third-order valence-electron chi connectivity index (χ3n) is 4.67. The molecular weight excluding hydrogens is 192 g/mol. The van der Waals surface area contributed by atoms with Gasteiger partial charge in [0.05, 0.1) is 30.5 Å². The molecule has 3 saturated heterocycles. The SMILES string of the molecule is CC12CC(C3CCC4OC4C3)OCC1O2. The Morgan fingerprint density at radius 3 is 2.87 bits per heavy atom. The van der Waals surface area contributed by atoms with Gasteiger partial charge in [0.25, 0.3) is 0 Å². The molecule has 6 atom stereocenters. The molecule has 0 N–H and O–H groups in total. The van der Waals surface area contributed by atoms with Crippen LogP contribution in [-0.2, 0) is 14.2 Å². The first-order valence-electron chi connectivity index (χ1n) is 6.19. The molecule has 6 unspecified atom stereocenters. The summed E-state index contributed by atoms with van der Waals surface area (Å²) in [6.07, 6.45) is 6.84. The highest BCUT2D eigenvalue weighted by Crippen LogP contribution is 2.49. The molecule has 4 fully saturated rings. The Morgan fingerprint density at radius 1 is 1.13 bits per heavy atom. The van der Waals surface area contributed by atoms with Crippen molar-refractivity contribution in [2.45, 2.75) is 62.6 Å². The Labute approximate surface area is 90.1 Å². The van der Waals surface area contributed by atoms with Crippen LogP contribution in [0, 0.1) is 5.92 Å². The summed E-state index contributed by atoms with van der Waals surface area (Å²) in [7, 11) is 0. The molecule has 3 heteroatoms. The maximum Gasteiger partial charge on any atom is 0.110 e. The number of fused-ring (bicyclic) bond motifs is 2. The van der Waals surface area contributed by atoms with Crippen molar-refractivity contribution in [2.24, 2.45) is 5.92 Å². The maximum atomic E-state index is 5.92. The van der Waals surface area contributed by atoms with Crippen LogP contribution < -0.4 is 0 Å². The van der Waals surface area contributed by atoms with Crippen molar-refractivity contribution in [2.75, 3.05) is 6.61 Å². The molecule has 0 aromatic heterocycles. The quantitative estimate of drug-likeness (QED) is 0.615. The lowest BCUT2D eigenvalue weighted by atomic mass is 9.80. The molecule has 3 heterocycles. The van der Waals surface area contributed by atoms with Crippen LogP contribution in [0.3, 0.4) is 0 Å². The predicted molar refractivity (Wildman–Crippen MR) is 53.6 cm³/mol. The fourth-order valence-electron chi connectivity index (χ4n) is 3.43. The number of epoxide rings is 2. The number of rotatable bonds is 1. The van der Waals surface area contributed by atoms with Gasteiger partial charge in [-0.3, -0.25) is 0 Å². The molecule has 0 bridgehead atoms. The summed E-state index contributed by atoms with van der Waals surface area (Å²) in [6.45, 7) is 3.04. The lowest BCUT2D eigenvalue weighted by molar-refractivity contribution is -0.0261. The van der Waals surface area contributed by atoms with Crippen LogP contribution >= 0.6 is 0 Å². The van der Waals surface area contributed by atoms with Crippen LogP contribution in [0.5, 0.6) is 0 Å². The van der Waals surface area contributed by atoms with Crippen LogP contribution in [0.2, 0.25) is 0 Å². The van der Waals surface area contributed by atoms with E-state index < -0.39 is 0 Å². The fourth-order valence-corrected chi connectivity index (χ4v) is 3.43. The van der Waals surface area contributed by atoms with Gasteiger partial charge >= 0.3 is 0 Å². The van der Waals surface area contributed by atoms with E-state index in [9.17, 15) is 0 Å². The fraction of sp³-hybridized carbons (Fsp3) is 1.00. The Morgan fingerprint density at radius 2 is 2.07 bits per heavy atom. The van der Waals surface area contributed by atoms with Gasteiger partial charge in [0.1, 0.15) is 6.10 Å². The van der Waals surface area contributed by atoms with Crippen LogP contribution in [0.15, 0.2) is 0 Å². The van der Waals surface area contributed by atoms with E-state index in [-0.39, 0.29) is 5.60 Å². The highest BCUT2D eigenvalue weighted by molar-refractivity contribution is 5.05. The zero-order chi connectivity index (χ0) is 10.0. The molecule has 4 rings (SSSR count). The van der Waals surface area contributed by atoms with Crippen LogP contribution in [0.1, 0.15) is 32.6 Å². The van der Waals surface area contributed by atoms with Crippen molar-refractivity contribution in [3.05, 3.63) is 0 Å². The van der Waals surface area contributed by atoms with Gasteiger partial charge in [-0.05, 0) is 32.1 Å². The Hall–Kier alpha value is -0.120. The van der Waals surface area contributed by atoms with Crippen molar-refractivity contribution in [3.8, 4) is 0 Å². The van der Waals surface area contributed by atoms with Crippen LogP contribution in [0.4, 0.5) is 0 Å². The van der Waals surface area contributed by atoms with Gasteiger partial charge in [-0.15, -0.1) is 0 Å². The smallest absolute Gasteiger partial charge is 0.110 e. The average Bonchev–Trinajstić information content (AvgIpc) is 3.08. The van der Waals surface area contributed by atoms with E-state index in [0.29, 0.717) is 24.4 Å². The molecule has 1 aliphatic carbocycles. The largest absolute Gasteiger partial charge is 0.375 e. The molecule has 0 aromatic rings. The van der Waals surface area contributed by atoms with Gasteiger partial charge in [0.15, 0.2) is 0 Å². The minimum Gasteiger partial charge on any atom is -0.375 e. The molecule has 4 aliphatic rings. The van der Waals surface area contributed by atoms with Crippen molar-refractivity contribution in [3.63, 3.8) is 0 Å². The second-order valence-corrected chi connectivity index (χ2v) is 5.78. The van der Waals surface area contributed by atoms with Crippen molar-refractivity contribution >= 4 is 0 Å². The van der Waals surface area contributed by atoms with Gasteiger partial charge in [-0.2, -0.15) is 0 Å². The topological polar surface area (TPSA) is 34.3 Å². The minimum atomic E-state index is 0.157. The Bertz CT molecular complexity index is 293. The predicted octanol–water partition coefficient (Wildman–Crippen LogP) is 1.50. The maximum absolute atomic E-state index is 5.92. The second-order valence-electron chi connectivity index (χ2n) is 5.78. The molecule has 0 amide bonds. The molecule has 1 saturated carbocycles. The molecule has 15 heavy (non-hydrogen) atoms. The van der Waals surface area contributed by atoms with Gasteiger partial charge in [0, 0.05) is 6.42 Å². The third-order valence-corrected chi connectivity index (χ3v) is 4.67. The normalized spacial score (nSPS) is 61.8. The van der Waals surface area contributed by atoms with Crippen LogP contribution in [0.25, 0.3) is 0 Å². The van der Waals surface area contributed by atoms with Crippen molar-refractivity contribution < 1.29 is 14.2 Å². The zero-order valence-corrected chi connectivity index (χ0v) is 9.15. The third kappa shape index (κ3) is 1.37. The Balaban J connectivity index is 1.44. The Kier molecular flexibility index (Phi) is 1.65. The standard InChI is InChI=1S/C12H18O3/c1-12-5-10(13-6-11(12)15-12)7-2-3-8-9(4-7)14-8/h7-11H,2-6H2,1H3. The minimum absolute atomic E-state index is 0.157. The molecule has 3 aliphatic heterocycles. The van der Waals surface area contributed by atoms with Gasteiger partial charge in [-0.25, -0.2) is 0 Å². The van der Waals surface area contributed by atoms with Crippen LogP contribution in [-0.4, -0.2) is 36.6 Å². The summed E-state index contributed by atoms with van der Waals surface area (Å²) in [6, 6.07) is 0. The monoisotopic (exact) mass is 210 g/mol. The second kappa shape index (κ2) is 2.76. The number of hydrogen-bond donors (Lipinski definition) is 0. The van der Waals surface area contributed by atoms with E-state index in [2.05, 4.69) is 6.92 Å². The zero-order valence-electron chi connectivity index (χ0n) is 9.15. The van der Waals surface area contributed by atoms with Crippen molar-refractivity contribution in [1.82, 2.24) is 0 Å². The summed E-state index contributed by atoms with van der Waals surface area (Å²) < 4.78 is 17.2. The molecule has 3 nitrogen and oxygen atoms in total. The lowest BCUT2D eigenvalue weighted by Crippen LogP contribution is -2.38. The highest BCUT2D eigenvalue weighted by atomic mass is 16.6. The number of ether oxygens (including phenoxy) is 3. The van der Waals surface area contributed by atoms with E-state index in [0.717, 1.165) is 18.9 Å². The summed E-state index contributed by atoms with van der Waals surface area (Å²) in [4.78, 5) is 0. The first kappa shape index (κ1) is 8.97. The molecule has 84 valence electrons. The summed E-state index contributed by atoms with van der Waals surface area (Å²) >= 11 is 0. The van der Waals surface area contributed by atoms with E-state index >= 15 is 0 Å². The highest BCUT2D eigenvalue weighted by Gasteiger charge is 2.58. The summed E-state index contributed by atoms with van der Waals surface area (Å²) in [5, 5.41) is 0. The van der Waals surface area contributed by atoms with Crippen molar-refractivity contribution in [1.29, 1.82) is 0 Å². The lowest BCUT2D eigenvalue weighted by Gasteiger charge is -2.32.